The van der Waals surface area contributed by atoms with Gasteiger partial charge in [0.05, 0.1) is 5.41 Å². The summed E-state index contributed by atoms with van der Waals surface area (Å²) in [6.07, 6.45) is 0. The molecule has 0 bridgehead atoms. The maximum Gasteiger partial charge on any atom is 0.164 e. The number of nitrogens with zero attached hydrogens (tertiary/aromatic N) is 6. The second-order valence-corrected chi connectivity index (χ2v) is 17.4. The Bertz CT molecular complexity index is 3670. The van der Waals surface area contributed by atoms with Crippen LogP contribution in [0.1, 0.15) is 22.3 Å². The number of benzene rings is 9. The lowest BCUT2D eigenvalue weighted by atomic mass is 9.70. The third-order valence-corrected chi connectivity index (χ3v) is 13.6. The second kappa shape index (κ2) is 14.9. The van der Waals surface area contributed by atoms with Crippen molar-refractivity contribution in [3.8, 4) is 90.6 Å². The molecule has 3 aromatic heterocycles. The highest BCUT2D eigenvalue weighted by Crippen LogP contribution is 2.64. The lowest BCUT2D eigenvalue weighted by Crippen LogP contribution is -2.26. The lowest BCUT2D eigenvalue weighted by Gasteiger charge is -2.31. The summed E-state index contributed by atoms with van der Waals surface area (Å²) in [6, 6.07) is 75.6. The highest BCUT2D eigenvalue weighted by Gasteiger charge is 2.53. The average Bonchev–Trinajstić information content (AvgIpc) is 4.05. The summed E-state index contributed by atoms with van der Waals surface area (Å²) in [5.41, 5.74) is 15.5. The van der Waals surface area contributed by atoms with Gasteiger partial charge in [0.2, 0.25) is 0 Å². The van der Waals surface area contributed by atoms with Gasteiger partial charge in [-0.2, -0.15) is 0 Å². The van der Waals surface area contributed by atoms with Crippen LogP contribution in [0.4, 0.5) is 0 Å². The van der Waals surface area contributed by atoms with Crippen molar-refractivity contribution in [3.63, 3.8) is 0 Å². The number of para-hydroxylation sites is 1. The predicted octanol–water partition coefficient (Wildman–Crippen LogP) is 14.3. The van der Waals surface area contributed by atoms with Crippen molar-refractivity contribution in [1.82, 2.24) is 29.9 Å². The molecule has 0 aliphatic heterocycles. The molecule has 1 spiro atoms. The minimum Gasteiger partial charge on any atom is -0.455 e. The van der Waals surface area contributed by atoms with E-state index in [0.717, 1.165) is 94.3 Å². The highest BCUT2D eigenvalue weighted by molar-refractivity contribution is 6.13. The summed E-state index contributed by atoms with van der Waals surface area (Å²) in [5.74, 6) is 3.65. The van der Waals surface area contributed by atoms with Gasteiger partial charge in [-0.1, -0.05) is 200 Å². The van der Waals surface area contributed by atoms with Gasteiger partial charge in [-0.15, -0.1) is 0 Å². The van der Waals surface area contributed by atoms with Crippen LogP contribution < -0.4 is 0 Å². The van der Waals surface area contributed by atoms with E-state index in [1.807, 2.05) is 127 Å². The fourth-order valence-corrected chi connectivity index (χ4v) is 10.6. The molecule has 68 heavy (non-hydrogen) atoms. The SMILES string of the molecule is c1ccc(-c2nc(-c3ccccc3)nc(-c3ccc4c(c3)C3(c5cc(-c6nc(-c7ccccc7)nc(-c7ccccc7)n6)ccc5-4)c4ccccc4-c4c3ccc3c4oc4ccccc43)n2)cc1. The van der Waals surface area contributed by atoms with Crippen LogP contribution >= 0.6 is 0 Å². The second-order valence-electron chi connectivity index (χ2n) is 17.4. The fourth-order valence-electron chi connectivity index (χ4n) is 10.6. The van der Waals surface area contributed by atoms with Crippen molar-refractivity contribution in [1.29, 1.82) is 0 Å². The van der Waals surface area contributed by atoms with Crippen LogP contribution in [-0.4, -0.2) is 29.9 Å². The van der Waals surface area contributed by atoms with Crippen molar-refractivity contribution >= 4 is 21.9 Å². The van der Waals surface area contributed by atoms with E-state index in [-0.39, 0.29) is 0 Å². The smallest absolute Gasteiger partial charge is 0.164 e. The quantitative estimate of drug-likeness (QED) is 0.164. The monoisotopic (exact) mass is 868 g/mol. The molecule has 0 fully saturated rings. The molecule has 0 saturated heterocycles. The summed E-state index contributed by atoms with van der Waals surface area (Å²) >= 11 is 0. The molecule has 12 aromatic rings. The first-order valence-corrected chi connectivity index (χ1v) is 22.8. The molecule has 7 heteroatoms. The van der Waals surface area contributed by atoms with Crippen molar-refractivity contribution in [3.05, 3.63) is 241 Å². The van der Waals surface area contributed by atoms with Gasteiger partial charge in [-0.05, 0) is 57.1 Å². The van der Waals surface area contributed by atoms with E-state index in [9.17, 15) is 0 Å². The predicted molar refractivity (Wildman–Crippen MR) is 269 cm³/mol. The molecule has 9 aromatic carbocycles. The average molecular weight is 869 g/mol. The third-order valence-electron chi connectivity index (χ3n) is 13.6. The largest absolute Gasteiger partial charge is 0.455 e. The summed E-state index contributed by atoms with van der Waals surface area (Å²) in [5, 5.41) is 2.18. The first kappa shape index (κ1) is 38.1. The lowest BCUT2D eigenvalue weighted by molar-refractivity contribution is 0.669. The third kappa shape index (κ3) is 5.72. The molecule has 2 aliphatic rings. The normalized spacial score (nSPS) is 12.8. The zero-order valence-corrected chi connectivity index (χ0v) is 36.4. The van der Waals surface area contributed by atoms with E-state index < -0.39 is 5.41 Å². The summed E-state index contributed by atoms with van der Waals surface area (Å²) < 4.78 is 6.88. The van der Waals surface area contributed by atoms with Crippen molar-refractivity contribution in [2.24, 2.45) is 0 Å². The van der Waals surface area contributed by atoms with Gasteiger partial charge in [0.1, 0.15) is 11.2 Å². The van der Waals surface area contributed by atoms with E-state index >= 15 is 0 Å². The molecule has 0 amide bonds. The van der Waals surface area contributed by atoms with Crippen LogP contribution in [0.2, 0.25) is 0 Å². The molecule has 0 unspecified atom stereocenters. The number of aromatic nitrogens is 6. The Kier molecular flexibility index (Phi) is 8.36. The maximum absolute atomic E-state index is 6.88. The Labute approximate surface area is 391 Å². The van der Waals surface area contributed by atoms with Crippen molar-refractivity contribution in [2.45, 2.75) is 5.41 Å². The zero-order valence-electron chi connectivity index (χ0n) is 36.4. The number of rotatable bonds is 6. The summed E-state index contributed by atoms with van der Waals surface area (Å²) in [6.45, 7) is 0. The Balaban J connectivity index is 1.04. The first-order valence-electron chi connectivity index (χ1n) is 22.8. The molecule has 3 heterocycles. The number of hydrogen-bond acceptors (Lipinski definition) is 7. The molecule has 7 nitrogen and oxygen atoms in total. The highest BCUT2D eigenvalue weighted by atomic mass is 16.3. The van der Waals surface area contributed by atoms with Crippen molar-refractivity contribution in [2.75, 3.05) is 0 Å². The number of hydrogen-bond donors (Lipinski definition) is 0. The minimum atomic E-state index is -0.773. The summed E-state index contributed by atoms with van der Waals surface area (Å²) in [7, 11) is 0. The van der Waals surface area contributed by atoms with Gasteiger partial charge in [-0.25, -0.2) is 29.9 Å². The van der Waals surface area contributed by atoms with E-state index in [1.54, 1.807) is 0 Å². The maximum atomic E-state index is 6.88. The molecular formula is C61H36N6O. The summed E-state index contributed by atoms with van der Waals surface area (Å²) in [4.78, 5) is 30.9. The molecule has 0 radical (unpaired) electrons. The van der Waals surface area contributed by atoms with Crippen LogP contribution in [-0.2, 0) is 5.41 Å². The number of fused-ring (bicyclic) bond motifs is 14. The molecule has 0 atom stereocenters. The van der Waals surface area contributed by atoms with Gasteiger partial charge in [-0.3, -0.25) is 0 Å². The molecule has 316 valence electrons. The first-order chi connectivity index (χ1) is 33.7. The Morgan fingerprint density at radius 2 is 0.691 bits per heavy atom. The van der Waals surface area contributed by atoms with Crippen LogP contribution in [0, 0.1) is 0 Å². The van der Waals surface area contributed by atoms with Gasteiger partial charge in [0.25, 0.3) is 0 Å². The van der Waals surface area contributed by atoms with E-state index in [0.29, 0.717) is 34.9 Å². The molecule has 0 saturated carbocycles. The zero-order chi connectivity index (χ0) is 44.8. The Morgan fingerprint density at radius 3 is 1.18 bits per heavy atom. The van der Waals surface area contributed by atoms with E-state index in [1.165, 1.54) is 5.56 Å². The van der Waals surface area contributed by atoms with Gasteiger partial charge in [0, 0.05) is 49.7 Å². The van der Waals surface area contributed by atoms with Crippen LogP contribution in [0.25, 0.3) is 113 Å². The molecule has 2 aliphatic carbocycles. The van der Waals surface area contributed by atoms with Gasteiger partial charge < -0.3 is 4.42 Å². The van der Waals surface area contributed by atoms with E-state index in [4.69, 9.17) is 34.3 Å². The van der Waals surface area contributed by atoms with Crippen LogP contribution in [0.5, 0.6) is 0 Å². The number of furan rings is 1. The van der Waals surface area contributed by atoms with Crippen LogP contribution in [0.15, 0.2) is 223 Å². The van der Waals surface area contributed by atoms with E-state index in [2.05, 4.69) is 91.0 Å². The molecule has 14 rings (SSSR count). The fraction of sp³-hybridized carbons (Fsp3) is 0.0164. The van der Waals surface area contributed by atoms with Crippen molar-refractivity contribution < 1.29 is 4.42 Å². The minimum absolute atomic E-state index is 0.596. The Morgan fingerprint density at radius 1 is 0.279 bits per heavy atom. The van der Waals surface area contributed by atoms with Gasteiger partial charge >= 0.3 is 0 Å². The Hall–Kier alpha value is -9.20. The molecular weight excluding hydrogens is 833 g/mol. The topological polar surface area (TPSA) is 90.5 Å². The van der Waals surface area contributed by atoms with Gasteiger partial charge in [0.15, 0.2) is 34.9 Å². The van der Waals surface area contributed by atoms with Crippen LogP contribution in [0.3, 0.4) is 0 Å². The standard InChI is InChI=1S/C61H36N6O/c1-5-17-37(18-6-1)55-62-56(38-19-7-2-8-20-38)65-59(64-55)41-29-31-43-44-32-30-42(60-66-57(39-21-9-3-10-22-39)63-58(67-60)40-23-11-4-12-24-40)36-51(44)61(50(43)35-41)48-27-15-13-26-47(48)53-49(61)34-33-46-45-25-14-16-28-52(45)68-54(46)53/h1-36H. The molecule has 0 N–H and O–H groups in total.